The number of hydrogen-bond donors (Lipinski definition) is 1. The molecule has 1 aromatic heterocycles. The Morgan fingerprint density at radius 1 is 1.00 bits per heavy atom. The Morgan fingerprint density at radius 2 is 1.76 bits per heavy atom. The van der Waals surface area contributed by atoms with Crippen LogP contribution in [0.25, 0.3) is 0 Å². The molecule has 1 atom stereocenters. The number of nitrogens with one attached hydrogen (secondary N) is 1. The normalized spacial score (nSPS) is 15.0. The van der Waals surface area contributed by atoms with Gasteiger partial charge in [0.15, 0.2) is 0 Å². The van der Waals surface area contributed by atoms with Crippen LogP contribution in [0, 0.1) is 0 Å². The van der Waals surface area contributed by atoms with Gasteiger partial charge >= 0.3 is 6.09 Å². The first-order valence-corrected chi connectivity index (χ1v) is 11.2. The molecule has 7 heteroatoms. The van der Waals surface area contributed by atoms with E-state index in [0.717, 1.165) is 43.1 Å². The van der Waals surface area contributed by atoms with Crippen molar-refractivity contribution in [1.29, 1.82) is 0 Å². The van der Waals surface area contributed by atoms with Crippen LogP contribution < -0.4 is 15.0 Å². The number of amides is 1. The summed E-state index contributed by atoms with van der Waals surface area (Å²) in [5.74, 6) is 0.860. The summed E-state index contributed by atoms with van der Waals surface area (Å²) in [6.07, 6.45) is 3.23. The third-order valence-corrected chi connectivity index (χ3v) is 5.91. The number of carbonyl (C=O) groups excluding carboxylic acids is 1. The Kier molecular flexibility index (Phi) is 7.76. The topological polar surface area (TPSA) is 66.9 Å². The van der Waals surface area contributed by atoms with Gasteiger partial charge in [0.25, 0.3) is 0 Å². The van der Waals surface area contributed by atoms with E-state index in [9.17, 15) is 4.79 Å². The van der Waals surface area contributed by atoms with Gasteiger partial charge in [-0.1, -0.05) is 36.4 Å². The summed E-state index contributed by atoms with van der Waals surface area (Å²) >= 11 is 0. The number of piperazine rings is 1. The lowest BCUT2D eigenvalue weighted by atomic mass is 10.1. The van der Waals surface area contributed by atoms with Crippen LogP contribution >= 0.6 is 0 Å². The van der Waals surface area contributed by atoms with E-state index in [1.54, 1.807) is 13.3 Å². The fraction of sp³-hybridized carbons (Fsp3) is 0.308. The number of nitrogens with zero attached hydrogens (tertiary/aromatic N) is 3. The van der Waals surface area contributed by atoms with Crippen LogP contribution in [-0.2, 0) is 11.3 Å². The van der Waals surface area contributed by atoms with Crippen molar-refractivity contribution in [3.63, 3.8) is 0 Å². The van der Waals surface area contributed by atoms with Crippen molar-refractivity contribution in [3.05, 3.63) is 90.3 Å². The molecule has 0 saturated carbocycles. The van der Waals surface area contributed by atoms with Gasteiger partial charge in [-0.25, -0.2) is 4.79 Å². The predicted molar refractivity (Wildman–Crippen MR) is 128 cm³/mol. The van der Waals surface area contributed by atoms with Crippen LogP contribution in [0.4, 0.5) is 10.5 Å². The van der Waals surface area contributed by atoms with Crippen molar-refractivity contribution in [1.82, 2.24) is 15.2 Å². The molecule has 1 saturated heterocycles. The number of carbonyl (C=O) groups is 1. The van der Waals surface area contributed by atoms with E-state index in [1.165, 1.54) is 5.69 Å². The minimum Gasteiger partial charge on any atom is -0.497 e. The molecular weight excluding hydrogens is 416 g/mol. The molecule has 2 aromatic carbocycles. The molecular formula is C26H30N4O3. The van der Waals surface area contributed by atoms with Gasteiger partial charge in [0.2, 0.25) is 0 Å². The summed E-state index contributed by atoms with van der Waals surface area (Å²) in [4.78, 5) is 21.4. The highest BCUT2D eigenvalue weighted by molar-refractivity contribution is 5.67. The molecule has 4 rings (SSSR count). The van der Waals surface area contributed by atoms with Crippen molar-refractivity contribution >= 4 is 11.8 Å². The summed E-state index contributed by atoms with van der Waals surface area (Å²) in [6.45, 7) is 4.29. The second-order valence-corrected chi connectivity index (χ2v) is 7.97. The molecule has 1 aliphatic heterocycles. The molecule has 3 aromatic rings. The summed E-state index contributed by atoms with van der Waals surface area (Å²) in [7, 11) is 1.68. The third kappa shape index (κ3) is 6.23. The zero-order chi connectivity index (χ0) is 22.9. The van der Waals surface area contributed by atoms with E-state index in [-0.39, 0.29) is 12.6 Å². The number of rotatable bonds is 8. The lowest BCUT2D eigenvalue weighted by Gasteiger charge is -2.40. The van der Waals surface area contributed by atoms with Gasteiger partial charge in [-0.05, 0) is 41.5 Å². The monoisotopic (exact) mass is 446 g/mol. The third-order valence-electron chi connectivity index (χ3n) is 5.91. The van der Waals surface area contributed by atoms with Crippen LogP contribution in [0.15, 0.2) is 79.1 Å². The predicted octanol–water partition coefficient (Wildman–Crippen LogP) is 3.88. The number of pyridine rings is 1. The van der Waals surface area contributed by atoms with Gasteiger partial charge < -0.3 is 19.7 Å². The minimum absolute atomic E-state index is 0.0287. The molecule has 0 bridgehead atoms. The average Bonchev–Trinajstić information content (AvgIpc) is 2.89. The zero-order valence-corrected chi connectivity index (χ0v) is 18.9. The summed E-state index contributed by atoms with van der Waals surface area (Å²) in [5, 5.41) is 2.95. The maximum absolute atomic E-state index is 12.3. The first-order chi connectivity index (χ1) is 16.2. The smallest absolute Gasteiger partial charge is 0.407 e. The molecule has 172 valence electrons. The van der Waals surface area contributed by atoms with Crippen LogP contribution in [0.5, 0.6) is 5.75 Å². The maximum atomic E-state index is 12.3. The highest BCUT2D eigenvalue weighted by Crippen LogP contribution is 2.25. The molecule has 1 fully saturated rings. The fourth-order valence-electron chi connectivity index (χ4n) is 4.07. The second kappa shape index (κ2) is 11.3. The van der Waals surface area contributed by atoms with Crippen molar-refractivity contribution in [3.8, 4) is 5.75 Å². The summed E-state index contributed by atoms with van der Waals surface area (Å²) < 4.78 is 10.7. The van der Waals surface area contributed by atoms with E-state index in [4.69, 9.17) is 9.47 Å². The molecule has 0 radical (unpaired) electrons. The lowest BCUT2D eigenvalue weighted by Crippen LogP contribution is -2.50. The molecule has 2 heterocycles. The van der Waals surface area contributed by atoms with E-state index >= 15 is 0 Å². The number of methoxy groups -OCH3 is 1. The Labute approximate surface area is 195 Å². The van der Waals surface area contributed by atoms with Gasteiger partial charge in [0, 0.05) is 50.8 Å². The average molecular weight is 447 g/mol. The van der Waals surface area contributed by atoms with Crippen molar-refractivity contribution in [2.45, 2.75) is 12.6 Å². The molecule has 33 heavy (non-hydrogen) atoms. The van der Waals surface area contributed by atoms with E-state index < -0.39 is 6.09 Å². The highest BCUT2D eigenvalue weighted by atomic mass is 16.5. The zero-order valence-electron chi connectivity index (χ0n) is 18.9. The summed E-state index contributed by atoms with van der Waals surface area (Å²) in [6, 6.07) is 21.9. The molecule has 0 spiro atoms. The van der Waals surface area contributed by atoms with Gasteiger partial charge in [-0.2, -0.15) is 0 Å². The Bertz CT molecular complexity index is 991. The number of hydrogen-bond acceptors (Lipinski definition) is 6. The number of aromatic nitrogens is 1. The molecule has 0 unspecified atom stereocenters. The van der Waals surface area contributed by atoms with Crippen LogP contribution in [-0.4, -0.2) is 55.8 Å². The van der Waals surface area contributed by atoms with Crippen molar-refractivity contribution < 1.29 is 14.3 Å². The number of benzene rings is 2. The Morgan fingerprint density at radius 3 is 2.42 bits per heavy atom. The van der Waals surface area contributed by atoms with Crippen LogP contribution in [0.3, 0.4) is 0 Å². The maximum Gasteiger partial charge on any atom is 0.407 e. The van der Waals surface area contributed by atoms with E-state index in [2.05, 4.69) is 38.3 Å². The summed E-state index contributed by atoms with van der Waals surface area (Å²) in [5.41, 5.74) is 3.24. The standard InChI is InChI=1S/C26H30N4O3/c1-32-24-11-9-23(10-12-24)29-14-16-30(17-15-29)25(22-8-5-13-27-18-22)19-28-26(31)33-20-21-6-3-2-4-7-21/h2-13,18,25H,14-17,19-20H2,1H3,(H,28,31)/t25-/m0/s1. The van der Waals surface area contributed by atoms with Gasteiger partial charge in [-0.15, -0.1) is 0 Å². The molecule has 1 amide bonds. The largest absolute Gasteiger partial charge is 0.497 e. The first-order valence-electron chi connectivity index (χ1n) is 11.2. The van der Waals surface area contributed by atoms with Crippen molar-refractivity contribution in [2.75, 3.05) is 44.7 Å². The number of anilines is 1. The lowest BCUT2D eigenvalue weighted by molar-refractivity contribution is 0.130. The number of alkyl carbamates (subject to hydrolysis) is 1. The van der Waals surface area contributed by atoms with Gasteiger partial charge in [-0.3, -0.25) is 9.88 Å². The molecule has 1 N–H and O–H groups in total. The quantitative estimate of drug-likeness (QED) is 0.567. The van der Waals surface area contributed by atoms with E-state index in [1.807, 2.05) is 54.7 Å². The van der Waals surface area contributed by atoms with Crippen LogP contribution in [0.2, 0.25) is 0 Å². The highest BCUT2D eigenvalue weighted by Gasteiger charge is 2.26. The molecule has 1 aliphatic rings. The Hall–Kier alpha value is -3.58. The minimum atomic E-state index is -0.412. The number of ether oxygens (including phenoxy) is 2. The SMILES string of the molecule is COc1ccc(N2CCN([C@@H](CNC(=O)OCc3ccccc3)c3cccnc3)CC2)cc1. The van der Waals surface area contributed by atoms with E-state index in [0.29, 0.717) is 6.54 Å². The van der Waals surface area contributed by atoms with Crippen LogP contribution in [0.1, 0.15) is 17.2 Å². The Balaban J connectivity index is 1.34. The fourth-order valence-corrected chi connectivity index (χ4v) is 4.07. The second-order valence-electron chi connectivity index (χ2n) is 7.97. The molecule has 7 nitrogen and oxygen atoms in total. The van der Waals surface area contributed by atoms with Gasteiger partial charge in [0.05, 0.1) is 13.2 Å². The first kappa shape index (κ1) is 22.6. The van der Waals surface area contributed by atoms with Crippen molar-refractivity contribution in [2.24, 2.45) is 0 Å². The molecule has 0 aliphatic carbocycles. The van der Waals surface area contributed by atoms with Gasteiger partial charge in [0.1, 0.15) is 12.4 Å².